The minimum atomic E-state index is -0.123. The van der Waals surface area contributed by atoms with Gasteiger partial charge in [-0.3, -0.25) is 0 Å². The summed E-state index contributed by atoms with van der Waals surface area (Å²) in [4.78, 5) is 0. The van der Waals surface area contributed by atoms with E-state index in [9.17, 15) is 0 Å². The normalized spacial score (nSPS) is 36.4. The SMILES string of the molecule is C=CC(OC)C1OC(CC2OC(C(C=C)OC)C(C)C=C2C)C(C)=CC1C. The first kappa shape index (κ1) is 22.1. The summed E-state index contributed by atoms with van der Waals surface area (Å²) in [6, 6.07) is 0. The van der Waals surface area contributed by atoms with Crippen LogP contribution in [0.15, 0.2) is 48.6 Å². The molecule has 0 aromatic heterocycles. The van der Waals surface area contributed by atoms with Gasteiger partial charge < -0.3 is 18.9 Å². The largest absolute Gasteiger partial charge is 0.375 e. The van der Waals surface area contributed by atoms with Crippen molar-refractivity contribution in [2.45, 2.75) is 70.7 Å². The summed E-state index contributed by atoms with van der Waals surface area (Å²) in [6.45, 7) is 16.4. The fourth-order valence-corrected chi connectivity index (χ4v) is 4.24. The van der Waals surface area contributed by atoms with Crippen molar-refractivity contribution < 1.29 is 18.9 Å². The summed E-state index contributed by atoms with van der Waals surface area (Å²) in [5.74, 6) is 0.555. The van der Waals surface area contributed by atoms with E-state index in [2.05, 4.69) is 53.0 Å². The highest BCUT2D eigenvalue weighted by Gasteiger charge is 2.37. The van der Waals surface area contributed by atoms with Crippen LogP contribution in [0.4, 0.5) is 0 Å². The van der Waals surface area contributed by atoms with Crippen LogP contribution in [-0.2, 0) is 18.9 Å². The second kappa shape index (κ2) is 9.83. The van der Waals surface area contributed by atoms with E-state index in [1.807, 2.05) is 12.2 Å². The van der Waals surface area contributed by atoms with Gasteiger partial charge in [0, 0.05) is 32.5 Å². The molecule has 2 rings (SSSR count). The summed E-state index contributed by atoms with van der Waals surface area (Å²) in [5.41, 5.74) is 2.49. The summed E-state index contributed by atoms with van der Waals surface area (Å²) >= 11 is 0. The van der Waals surface area contributed by atoms with E-state index in [1.54, 1.807) is 14.2 Å². The van der Waals surface area contributed by atoms with E-state index in [-0.39, 0.29) is 48.5 Å². The Morgan fingerprint density at radius 3 is 1.56 bits per heavy atom. The zero-order chi connectivity index (χ0) is 20.1. The molecule has 0 aromatic carbocycles. The fraction of sp³-hybridized carbons (Fsp3) is 0.652. The maximum absolute atomic E-state index is 6.46. The molecule has 8 unspecified atom stereocenters. The van der Waals surface area contributed by atoms with E-state index in [1.165, 1.54) is 11.1 Å². The van der Waals surface area contributed by atoms with Crippen molar-refractivity contribution in [2.75, 3.05) is 14.2 Å². The third-order valence-electron chi connectivity index (χ3n) is 5.83. The molecule has 0 saturated carbocycles. The van der Waals surface area contributed by atoms with Crippen LogP contribution in [0.25, 0.3) is 0 Å². The zero-order valence-electron chi connectivity index (χ0n) is 17.7. The average molecular weight is 377 g/mol. The van der Waals surface area contributed by atoms with Crippen molar-refractivity contribution in [3.05, 3.63) is 48.6 Å². The van der Waals surface area contributed by atoms with Gasteiger partial charge in [-0.25, -0.2) is 0 Å². The third-order valence-corrected chi connectivity index (χ3v) is 5.83. The number of hydrogen-bond acceptors (Lipinski definition) is 4. The van der Waals surface area contributed by atoms with Crippen molar-refractivity contribution in [2.24, 2.45) is 11.8 Å². The smallest absolute Gasteiger partial charge is 0.102 e. The van der Waals surface area contributed by atoms with Crippen molar-refractivity contribution >= 4 is 0 Å². The van der Waals surface area contributed by atoms with Crippen molar-refractivity contribution in [3.63, 3.8) is 0 Å². The van der Waals surface area contributed by atoms with E-state index in [0.717, 1.165) is 6.42 Å². The van der Waals surface area contributed by atoms with Crippen molar-refractivity contribution in [1.29, 1.82) is 0 Å². The molecule has 0 amide bonds. The summed E-state index contributed by atoms with van der Waals surface area (Å²) < 4.78 is 24.0. The van der Waals surface area contributed by atoms with Gasteiger partial charge in [0.05, 0.1) is 24.4 Å². The Hall–Kier alpha value is -1.20. The Labute approximate surface area is 164 Å². The number of rotatable bonds is 8. The van der Waals surface area contributed by atoms with Crippen LogP contribution in [-0.4, -0.2) is 50.8 Å². The molecule has 2 aliphatic rings. The summed E-state index contributed by atoms with van der Waals surface area (Å²) in [5, 5.41) is 0. The van der Waals surface area contributed by atoms with Gasteiger partial charge in [0.15, 0.2) is 0 Å². The first-order valence-corrected chi connectivity index (χ1v) is 9.84. The van der Waals surface area contributed by atoms with E-state index >= 15 is 0 Å². The molecular weight excluding hydrogens is 340 g/mol. The van der Waals surface area contributed by atoms with Gasteiger partial charge in [-0.05, 0) is 25.0 Å². The first-order chi connectivity index (χ1) is 12.9. The quantitative estimate of drug-likeness (QED) is 0.586. The van der Waals surface area contributed by atoms with Crippen LogP contribution < -0.4 is 0 Å². The topological polar surface area (TPSA) is 36.9 Å². The van der Waals surface area contributed by atoms with Gasteiger partial charge in [0.25, 0.3) is 0 Å². The molecule has 0 bridgehead atoms. The average Bonchev–Trinajstić information content (AvgIpc) is 2.63. The Morgan fingerprint density at radius 1 is 0.889 bits per heavy atom. The monoisotopic (exact) mass is 376 g/mol. The van der Waals surface area contributed by atoms with Crippen LogP contribution in [0.1, 0.15) is 34.1 Å². The molecule has 0 N–H and O–H groups in total. The van der Waals surface area contributed by atoms with Crippen LogP contribution in [0.3, 0.4) is 0 Å². The van der Waals surface area contributed by atoms with E-state index < -0.39 is 0 Å². The Kier molecular flexibility index (Phi) is 8.04. The highest BCUT2D eigenvalue weighted by Crippen LogP contribution is 2.34. The van der Waals surface area contributed by atoms with Gasteiger partial charge in [0.1, 0.15) is 12.2 Å². The number of hydrogen-bond donors (Lipinski definition) is 0. The molecule has 2 aliphatic heterocycles. The minimum absolute atomic E-state index is 0.00377. The van der Waals surface area contributed by atoms with Gasteiger partial charge in [-0.15, -0.1) is 13.2 Å². The second-order valence-electron chi connectivity index (χ2n) is 7.83. The Morgan fingerprint density at radius 2 is 1.26 bits per heavy atom. The van der Waals surface area contributed by atoms with Crippen molar-refractivity contribution in [3.8, 4) is 0 Å². The molecule has 0 aromatic rings. The molecule has 8 atom stereocenters. The molecule has 27 heavy (non-hydrogen) atoms. The maximum Gasteiger partial charge on any atom is 0.102 e. The van der Waals surface area contributed by atoms with Crippen LogP contribution >= 0.6 is 0 Å². The fourth-order valence-electron chi connectivity index (χ4n) is 4.24. The number of methoxy groups -OCH3 is 2. The van der Waals surface area contributed by atoms with E-state index in [4.69, 9.17) is 18.9 Å². The predicted octanol–water partition coefficient (Wildman–Crippen LogP) is 4.48. The second-order valence-corrected chi connectivity index (χ2v) is 7.83. The van der Waals surface area contributed by atoms with Gasteiger partial charge >= 0.3 is 0 Å². The number of ether oxygens (including phenoxy) is 4. The molecule has 2 heterocycles. The van der Waals surface area contributed by atoms with Crippen molar-refractivity contribution in [1.82, 2.24) is 0 Å². The lowest BCUT2D eigenvalue weighted by Crippen LogP contribution is -2.45. The lowest BCUT2D eigenvalue weighted by molar-refractivity contribution is -0.122. The zero-order valence-corrected chi connectivity index (χ0v) is 17.7. The third kappa shape index (κ3) is 5.00. The Bertz CT molecular complexity index is 529. The van der Waals surface area contributed by atoms with Crippen LogP contribution in [0.5, 0.6) is 0 Å². The summed E-state index contributed by atoms with van der Waals surface area (Å²) in [6.07, 6.45) is 8.66. The molecule has 4 heteroatoms. The van der Waals surface area contributed by atoms with Gasteiger partial charge in [-0.1, -0.05) is 38.2 Å². The van der Waals surface area contributed by atoms with Gasteiger partial charge in [-0.2, -0.15) is 0 Å². The Balaban J connectivity index is 2.16. The van der Waals surface area contributed by atoms with E-state index in [0.29, 0.717) is 0 Å². The molecule has 152 valence electrons. The summed E-state index contributed by atoms with van der Waals surface area (Å²) in [7, 11) is 3.40. The lowest BCUT2D eigenvalue weighted by Gasteiger charge is -2.41. The minimum Gasteiger partial charge on any atom is -0.375 e. The lowest BCUT2D eigenvalue weighted by atomic mass is 9.87. The molecule has 0 radical (unpaired) electrons. The highest BCUT2D eigenvalue weighted by atomic mass is 16.6. The molecular formula is C23H36O4. The van der Waals surface area contributed by atoms with Gasteiger partial charge in [0.2, 0.25) is 0 Å². The highest BCUT2D eigenvalue weighted by molar-refractivity contribution is 5.19. The van der Waals surface area contributed by atoms with Crippen LogP contribution in [0.2, 0.25) is 0 Å². The molecule has 0 fully saturated rings. The maximum atomic E-state index is 6.46. The molecule has 0 saturated heterocycles. The standard InChI is InChI=1S/C23H36O4/c1-9-18(24-7)22-16(5)11-14(3)20(26-22)13-21-15(4)12-17(6)23(27-21)19(10-2)25-8/h9-12,16-23H,1-2,13H2,3-8H3. The predicted molar refractivity (Wildman–Crippen MR) is 110 cm³/mol. The molecule has 4 nitrogen and oxygen atoms in total. The first-order valence-electron chi connectivity index (χ1n) is 9.84. The molecule has 0 spiro atoms. The van der Waals surface area contributed by atoms with Crippen LogP contribution in [0, 0.1) is 11.8 Å². The molecule has 0 aliphatic carbocycles.